The molecule has 2 aliphatic rings. The number of aromatic nitrogens is 3. The van der Waals surface area contributed by atoms with Crippen LogP contribution in [0.1, 0.15) is 35.4 Å². The van der Waals surface area contributed by atoms with Gasteiger partial charge in [0, 0.05) is 31.3 Å². The van der Waals surface area contributed by atoms with Gasteiger partial charge in [0.1, 0.15) is 11.9 Å². The van der Waals surface area contributed by atoms with Crippen molar-refractivity contribution < 1.29 is 27.2 Å². The number of rotatable bonds is 3. The fraction of sp³-hybridized carbons (Fsp3) is 0.478. The Bertz CT molecular complexity index is 1280. The molecular formula is C23H22F3N5O3. The zero-order chi connectivity index (χ0) is 24.1. The number of nitriles is 1. The summed E-state index contributed by atoms with van der Waals surface area (Å²) < 4.78 is 56.4. The molecule has 2 aliphatic heterocycles. The van der Waals surface area contributed by atoms with Gasteiger partial charge in [-0.05, 0) is 37.1 Å². The van der Waals surface area contributed by atoms with E-state index in [1.165, 1.54) is 12.1 Å². The Morgan fingerprint density at radius 3 is 2.41 bits per heavy atom. The molecule has 2 aromatic heterocycles. The van der Waals surface area contributed by atoms with E-state index in [1.54, 1.807) is 13.8 Å². The molecule has 1 spiro atoms. The maximum absolute atomic E-state index is 13.1. The van der Waals surface area contributed by atoms with Crippen LogP contribution in [0.5, 0.6) is 0 Å². The number of hydrogen-bond donors (Lipinski definition) is 0. The Balaban J connectivity index is 1.66. The van der Waals surface area contributed by atoms with Crippen molar-refractivity contribution in [3.05, 3.63) is 34.6 Å². The number of ether oxygens (including phenoxy) is 2. The van der Waals surface area contributed by atoms with Crippen molar-refractivity contribution in [1.29, 1.82) is 5.26 Å². The van der Waals surface area contributed by atoms with Gasteiger partial charge in [0.05, 0.1) is 36.3 Å². The number of pyridine rings is 1. The lowest BCUT2D eigenvalue weighted by Crippen LogP contribution is -2.45. The number of hydrogen-bond acceptors (Lipinski definition) is 8. The highest BCUT2D eigenvalue weighted by Crippen LogP contribution is 2.40. The van der Waals surface area contributed by atoms with Crippen molar-refractivity contribution in [2.24, 2.45) is 0 Å². The number of piperidine rings is 1. The largest absolute Gasteiger partial charge is 0.393 e. The first-order valence-electron chi connectivity index (χ1n) is 11.0. The van der Waals surface area contributed by atoms with E-state index in [9.17, 15) is 18.4 Å². The van der Waals surface area contributed by atoms with Gasteiger partial charge in [-0.15, -0.1) is 0 Å². The molecule has 5 rings (SSSR count). The minimum absolute atomic E-state index is 0.00250. The van der Waals surface area contributed by atoms with Crippen LogP contribution in [0.25, 0.3) is 22.4 Å². The predicted molar refractivity (Wildman–Crippen MR) is 115 cm³/mol. The van der Waals surface area contributed by atoms with Crippen LogP contribution in [-0.2, 0) is 15.9 Å². The van der Waals surface area contributed by atoms with Crippen molar-refractivity contribution >= 4 is 16.7 Å². The minimum Gasteiger partial charge on any atom is -0.356 e. The van der Waals surface area contributed by atoms with Gasteiger partial charge < -0.3 is 18.9 Å². The van der Waals surface area contributed by atoms with Crippen LogP contribution in [-0.4, -0.2) is 53.4 Å². The number of anilines is 1. The molecule has 2 saturated heterocycles. The van der Waals surface area contributed by atoms with E-state index in [4.69, 9.17) is 19.0 Å². The zero-order valence-electron chi connectivity index (χ0n) is 18.7. The highest BCUT2D eigenvalue weighted by Gasteiger charge is 2.41. The molecule has 0 unspecified atom stereocenters. The summed E-state index contributed by atoms with van der Waals surface area (Å²) >= 11 is 0. The van der Waals surface area contributed by atoms with Crippen molar-refractivity contribution in [1.82, 2.24) is 15.1 Å². The van der Waals surface area contributed by atoms with Gasteiger partial charge >= 0.3 is 6.18 Å². The second-order valence-electron chi connectivity index (χ2n) is 8.62. The molecule has 34 heavy (non-hydrogen) atoms. The molecule has 11 heteroatoms. The van der Waals surface area contributed by atoms with Gasteiger partial charge in [0.2, 0.25) is 0 Å². The number of fused-ring (bicyclic) bond motifs is 1. The Morgan fingerprint density at radius 1 is 1.12 bits per heavy atom. The first kappa shape index (κ1) is 22.6. The highest BCUT2D eigenvalue weighted by atomic mass is 19.4. The molecule has 0 amide bonds. The third-order valence-electron chi connectivity index (χ3n) is 6.29. The lowest BCUT2D eigenvalue weighted by molar-refractivity contribution is -0.169. The molecule has 0 bridgehead atoms. The zero-order valence-corrected chi connectivity index (χ0v) is 18.7. The van der Waals surface area contributed by atoms with E-state index in [0.29, 0.717) is 72.8 Å². The molecule has 0 radical (unpaired) electrons. The van der Waals surface area contributed by atoms with Gasteiger partial charge in [0.15, 0.2) is 11.6 Å². The van der Waals surface area contributed by atoms with Crippen LogP contribution in [0.15, 0.2) is 16.7 Å². The molecule has 8 nitrogen and oxygen atoms in total. The average molecular weight is 473 g/mol. The van der Waals surface area contributed by atoms with E-state index in [0.717, 1.165) is 0 Å². The monoisotopic (exact) mass is 473 g/mol. The van der Waals surface area contributed by atoms with E-state index in [2.05, 4.69) is 10.1 Å². The molecule has 2 fully saturated rings. The predicted octanol–water partition coefficient (Wildman–Crippen LogP) is 4.22. The van der Waals surface area contributed by atoms with E-state index in [-0.39, 0.29) is 17.0 Å². The summed E-state index contributed by atoms with van der Waals surface area (Å²) in [5.74, 6) is 0.609. The van der Waals surface area contributed by atoms with Crippen LogP contribution in [0.4, 0.5) is 19.0 Å². The number of benzene rings is 1. The van der Waals surface area contributed by atoms with Crippen LogP contribution < -0.4 is 4.90 Å². The molecule has 1 aromatic carbocycles. The Morgan fingerprint density at radius 2 is 1.82 bits per heavy atom. The minimum atomic E-state index is -4.40. The van der Waals surface area contributed by atoms with Crippen LogP contribution in [0, 0.1) is 25.2 Å². The normalized spacial score (nSPS) is 18.1. The van der Waals surface area contributed by atoms with Crippen molar-refractivity contribution in [2.45, 2.75) is 45.1 Å². The maximum atomic E-state index is 13.1. The van der Waals surface area contributed by atoms with Crippen LogP contribution in [0.2, 0.25) is 0 Å². The lowest BCUT2D eigenvalue weighted by atomic mass is 9.96. The standard InChI is InChI=1S/C23H22F3N5O3/c1-13-17-10-15(11-23(24,25)26)9-16(12-27)19(17)29-20(18(13)21-28-14(2)30-34-21)31-5-3-22(4-6-31)32-7-8-33-22/h9-10H,3-8,11H2,1-2H3. The molecule has 178 valence electrons. The summed E-state index contributed by atoms with van der Waals surface area (Å²) in [6.07, 6.45) is -4.28. The molecule has 0 N–H and O–H groups in total. The van der Waals surface area contributed by atoms with Gasteiger partial charge in [0.25, 0.3) is 5.89 Å². The van der Waals surface area contributed by atoms with E-state index >= 15 is 0 Å². The summed E-state index contributed by atoms with van der Waals surface area (Å²) in [7, 11) is 0. The molecule has 4 heterocycles. The summed E-state index contributed by atoms with van der Waals surface area (Å²) in [5, 5.41) is 14.1. The fourth-order valence-electron chi connectivity index (χ4n) is 4.71. The van der Waals surface area contributed by atoms with Gasteiger partial charge in [-0.25, -0.2) is 4.98 Å². The van der Waals surface area contributed by atoms with Crippen molar-refractivity contribution in [3.8, 4) is 17.5 Å². The van der Waals surface area contributed by atoms with E-state index < -0.39 is 18.4 Å². The quantitative estimate of drug-likeness (QED) is 0.558. The Hall–Kier alpha value is -3.23. The van der Waals surface area contributed by atoms with Gasteiger partial charge in [-0.2, -0.15) is 23.4 Å². The molecule has 0 atom stereocenters. The molecule has 0 aliphatic carbocycles. The topological polar surface area (TPSA) is 97.3 Å². The van der Waals surface area contributed by atoms with Gasteiger partial charge in [-0.3, -0.25) is 0 Å². The van der Waals surface area contributed by atoms with E-state index in [1.807, 2.05) is 11.0 Å². The summed E-state index contributed by atoms with van der Waals surface area (Å²) in [5.41, 5.74) is 1.60. The van der Waals surface area contributed by atoms with Gasteiger partial charge in [-0.1, -0.05) is 5.16 Å². The third-order valence-corrected chi connectivity index (χ3v) is 6.29. The molecular weight excluding hydrogens is 451 g/mol. The number of alkyl halides is 3. The summed E-state index contributed by atoms with van der Waals surface area (Å²) in [6.45, 7) is 5.73. The first-order valence-corrected chi connectivity index (χ1v) is 11.0. The second kappa shape index (κ2) is 8.21. The van der Waals surface area contributed by atoms with Crippen molar-refractivity contribution in [2.75, 3.05) is 31.2 Å². The first-order chi connectivity index (χ1) is 16.2. The second-order valence-corrected chi connectivity index (χ2v) is 8.62. The Kier molecular flexibility index (Phi) is 5.45. The smallest absolute Gasteiger partial charge is 0.356 e. The number of halogens is 3. The summed E-state index contributed by atoms with van der Waals surface area (Å²) in [4.78, 5) is 11.2. The molecule has 3 aromatic rings. The SMILES string of the molecule is Cc1noc(-c2c(N3CCC4(CC3)OCCO4)nc3c(C#N)cc(CC(F)(F)F)cc3c2C)n1. The van der Waals surface area contributed by atoms with Crippen LogP contribution >= 0.6 is 0 Å². The van der Waals surface area contributed by atoms with Crippen molar-refractivity contribution in [3.63, 3.8) is 0 Å². The molecule has 0 saturated carbocycles. The fourth-order valence-corrected chi connectivity index (χ4v) is 4.71. The number of aryl methyl sites for hydroxylation is 2. The summed E-state index contributed by atoms with van der Waals surface area (Å²) in [6, 6.07) is 4.71. The lowest BCUT2D eigenvalue weighted by Gasteiger charge is -2.38. The highest BCUT2D eigenvalue weighted by molar-refractivity contribution is 5.95. The number of nitrogens with zero attached hydrogens (tertiary/aromatic N) is 5. The average Bonchev–Trinajstić information content (AvgIpc) is 3.42. The third kappa shape index (κ3) is 4.08. The van der Waals surface area contributed by atoms with Crippen LogP contribution in [0.3, 0.4) is 0 Å². The maximum Gasteiger partial charge on any atom is 0.393 e. The Labute approximate surface area is 193 Å².